The number of benzene rings is 3. The summed E-state index contributed by atoms with van der Waals surface area (Å²) in [6.07, 6.45) is 11.8. The molecule has 6 heteroatoms. The summed E-state index contributed by atoms with van der Waals surface area (Å²) in [4.78, 5) is 25.3. The fourth-order valence-electron chi connectivity index (χ4n) is 4.29. The summed E-state index contributed by atoms with van der Waals surface area (Å²) in [5.74, 6) is 1.31. The summed E-state index contributed by atoms with van der Waals surface area (Å²) in [5, 5.41) is 0. The van der Waals surface area contributed by atoms with Crippen LogP contribution < -0.4 is 18.9 Å². The zero-order valence-corrected chi connectivity index (χ0v) is 24.8. The van der Waals surface area contributed by atoms with Gasteiger partial charge in [0.15, 0.2) is 0 Å². The summed E-state index contributed by atoms with van der Waals surface area (Å²) in [6.45, 7) is 7.53. The Balaban J connectivity index is 1.45. The van der Waals surface area contributed by atoms with Crippen LogP contribution in [-0.2, 0) is 0 Å². The molecule has 0 N–H and O–H groups in total. The van der Waals surface area contributed by atoms with Gasteiger partial charge in [-0.25, -0.2) is 9.59 Å². The molecule has 0 aromatic heterocycles. The van der Waals surface area contributed by atoms with Crippen LogP contribution >= 0.6 is 0 Å². The van der Waals surface area contributed by atoms with Gasteiger partial charge >= 0.3 is 11.9 Å². The summed E-state index contributed by atoms with van der Waals surface area (Å²) in [7, 11) is 0. The van der Waals surface area contributed by atoms with Crippen LogP contribution in [0.2, 0.25) is 0 Å². The molecule has 0 radical (unpaired) electrons. The SMILES string of the molecule is CCCCCCCOc1ccc(C(=O)Oc2ccc(OC(=O)c3ccc(OCCCCCCC)cc3)c(C)c2)cc1. The molecular weight excluding hydrogens is 516 g/mol. The number of hydrogen-bond acceptors (Lipinski definition) is 6. The van der Waals surface area contributed by atoms with Gasteiger partial charge in [-0.2, -0.15) is 0 Å². The van der Waals surface area contributed by atoms with Gasteiger partial charge in [-0.05, 0) is 92.1 Å². The minimum Gasteiger partial charge on any atom is -0.494 e. The molecule has 3 rings (SSSR count). The van der Waals surface area contributed by atoms with Crippen LogP contribution in [0.15, 0.2) is 66.7 Å². The van der Waals surface area contributed by atoms with Crippen molar-refractivity contribution >= 4 is 11.9 Å². The van der Waals surface area contributed by atoms with Crippen LogP contribution in [0.5, 0.6) is 23.0 Å². The first-order chi connectivity index (χ1) is 20.0. The normalized spacial score (nSPS) is 10.7. The maximum Gasteiger partial charge on any atom is 0.343 e. The fourth-order valence-corrected chi connectivity index (χ4v) is 4.29. The summed E-state index contributed by atoms with van der Waals surface area (Å²) < 4.78 is 22.7. The van der Waals surface area contributed by atoms with E-state index in [1.54, 1.807) is 73.7 Å². The Kier molecular flexibility index (Phi) is 13.8. The largest absolute Gasteiger partial charge is 0.494 e. The lowest BCUT2D eigenvalue weighted by atomic mass is 10.2. The number of carbonyl (C=O) groups is 2. The van der Waals surface area contributed by atoms with E-state index in [1.165, 1.54) is 38.5 Å². The number of rotatable bonds is 18. The molecule has 0 aliphatic carbocycles. The second-order valence-corrected chi connectivity index (χ2v) is 10.3. The molecule has 6 nitrogen and oxygen atoms in total. The third kappa shape index (κ3) is 11.3. The number of carbonyl (C=O) groups excluding carboxylic acids is 2. The molecule has 0 aliphatic rings. The van der Waals surface area contributed by atoms with Crippen molar-refractivity contribution in [2.75, 3.05) is 13.2 Å². The van der Waals surface area contributed by atoms with E-state index in [4.69, 9.17) is 18.9 Å². The highest BCUT2D eigenvalue weighted by atomic mass is 16.5. The number of aryl methyl sites for hydroxylation is 1. The molecule has 3 aromatic rings. The van der Waals surface area contributed by atoms with Gasteiger partial charge in [0.05, 0.1) is 24.3 Å². The second-order valence-electron chi connectivity index (χ2n) is 10.3. The van der Waals surface area contributed by atoms with Crippen LogP contribution in [0.4, 0.5) is 0 Å². The summed E-state index contributed by atoms with van der Waals surface area (Å²) >= 11 is 0. The van der Waals surface area contributed by atoms with E-state index in [2.05, 4.69) is 13.8 Å². The lowest BCUT2D eigenvalue weighted by Crippen LogP contribution is -2.10. The maximum atomic E-state index is 12.7. The van der Waals surface area contributed by atoms with E-state index in [0.29, 0.717) is 41.4 Å². The Bertz CT molecular complexity index is 1200. The Hall–Kier alpha value is -3.80. The molecule has 0 fully saturated rings. The highest BCUT2D eigenvalue weighted by Gasteiger charge is 2.14. The second kappa shape index (κ2) is 17.8. The van der Waals surface area contributed by atoms with Crippen molar-refractivity contribution in [3.05, 3.63) is 83.4 Å². The van der Waals surface area contributed by atoms with Crippen molar-refractivity contribution in [2.24, 2.45) is 0 Å². The van der Waals surface area contributed by atoms with Crippen molar-refractivity contribution in [2.45, 2.75) is 85.0 Å². The molecule has 0 spiro atoms. The Morgan fingerprint density at radius 3 is 1.44 bits per heavy atom. The van der Waals surface area contributed by atoms with Crippen LogP contribution in [0.3, 0.4) is 0 Å². The van der Waals surface area contributed by atoms with Crippen LogP contribution in [0, 0.1) is 6.92 Å². The van der Waals surface area contributed by atoms with Crippen LogP contribution in [0.25, 0.3) is 0 Å². The minimum absolute atomic E-state index is 0.371. The number of ether oxygens (including phenoxy) is 4. The van der Waals surface area contributed by atoms with E-state index in [-0.39, 0.29) is 0 Å². The Labute approximate surface area is 245 Å². The first-order valence-corrected chi connectivity index (χ1v) is 15.0. The monoisotopic (exact) mass is 560 g/mol. The highest BCUT2D eigenvalue weighted by Crippen LogP contribution is 2.26. The van der Waals surface area contributed by atoms with Crippen molar-refractivity contribution < 1.29 is 28.5 Å². The van der Waals surface area contributed by atoms with Gasteiger partial charge in [-0.3, -0.25) is 0 Å². The molecular formula is C35H44O6. The first-order valence-electron chi connectivity index (χ1n) is 15.0. The summed E-state index contributed by atoms with van der Waals surface area (Å²) in [6, 6.07) is 18.8. The summed E-state index contributed by atoms with van der Waals surface area (Å²) in [5.41, 5.74) is 1.53. The minimum atomic E-state index is -0.469. The van der Waals surface area contributed by atoms with E-state index in [0.717, 1.165) is 37.2 Å². The Morgan fingerprint density at radius 1 is 0.537 bits per heavy atom. The van der Waals surface area contributed by atoms with E-state index >= 15 is 0 Å². The van der Waals surface area contributed by atoms with Crippen molar-refractivity contribution in [3.8, 4) is 23.0 Å². The number of hydrogen-bond donors (Lipinski definition) is 0. The van der Waals surface area contributed by atoms with Crippen LogP contribution in [-0.4, -0.2) is 25.2 Å². The zero-order chi connectivity index (χ0) is 29.3. The lowest BCUT2D eigenvalue weighted by molar-refractivity contribution is 0.0718. The molecule has 0 aliphatic heterocycles. The molecule has 0 unspecified atom stereocenters. The van der Waals surface area contributed by atoms with E-state index in [9.17, 15) is 9.59 Å². The maximum absolute atomic E-state index is 12.7. The molecule has 0 saturated heterocycles. The molecule has 0 saturated carbocycles. The predicted octanol–water partition coefficient (Wildman–Crippen LogP) is 9.13. The molecule has 0 atom stereocenters. The van der Waals surface area contributed by atoms with Gasteiger partial charge < -0.3 is 18.9 Å². The van der Waals surface area contributed by atoms with Gasteiger partial charge in [0.2, 0.25) is 0 Å². The molecule has 0 bridgehead atoms. The molecule has 41 heavy (non-hydrogen) atoms. The fraction of sp³-hybridized carbons (Fsp3) is 0.429. The topological polar surface area (TPSA) is 71.1 Å². The van der Waals surface area contributed by atoms with E-state index in [1.807, 2.05) is 0 Å². The van der Waals surface area contributed by atoms with Gasteiger partial charge in [-0.1, -0.05) is 65.2 Å². The molecule has 0 heterocycles. The number of unbranched alkanes of at least 4 members (excludes halogenated alkanes) is 8. The van der Waals surface area contributed by atoms with Gasteiger partial charge in [0.25, 0.3) is 0 Å². The standard InChI is InChI=1S/C35H44O6/c1-4-6-8-10-12-24-38-30-18-14-28(15-19-30)34(36)40-32-22-23-33(27(3)26-32)41-35(37)29-16-20-31(21-17-29)39-25-13-11-9-7-5-2/h14-23,26H,4-13,24-25H2,1-3H3. The lowest BCUT2D eigenvalue weighted by Gasteiger charge is -2.11. The van der Waals surface area contributed by atoms with Gasteiger partial charge in [0.1, 0.15) is 23.0 Å². The van der Waals surface area contributed by atoms with Crippen LogP contribution in [0.1, 0.15) is 104 Å². The highest BCUT2D eigenvalue weighted by molar-refractivity contribution is 5.92. The smallest absolute Gasteiger partial charge is 0.343 e. The quantitative estimate of drug-likeness (QED) is 0.0877. The zero-order valence-electron chi connectivity index (χ0n) is 24.8. The number of esters is 2. The third-order valence-corrected chi connectivity index (χ3v) is 6.77. The van der Waals surface area contributed by atoms with Crippen molar-refractivity contribution in [1.82, 2.24) is 0 Å². The Morgan fingerprint density at radius 2 is 0.976 bits per heavy atom. The third-order valence-electron chi connectivity index (χ3n) is 6.77. The molecule has 0 amide bonds. The van der Waals surface area contributed by atoms with Crippen molar-refractivity contribution in [3.63, 3.8) is 0 Å². The molecule has 3 aromatic carbocycles. The van der Waals surface area contributed by atoms with Crippen molar-refractivity contribution in [1.29, 1.82) is 0 Å². The van der Waals surface area contributed by atoms with E-state index < -0.39 is 11.9 Å². The average molecular weight is 561 g/mol. The molecule has 220 valence electrons. The predicted molar refractivity (Wildman–Crippen MR) is 162 cm³/mol. The van der Waals surface area contributed by atoms with Gasteiger partial charge in [-0.15, -0.1) is 0 Å². The average Bonchev–Trinajstić information content (AvgIpc) is 2.98. The first kappa shape index (κ1) is 31.7. The van der Waals surface area contributed by atoms with Gasteiger partial charge in [0, 0.05) is 0 Å².